The zero-order valence-corrected chi connectivity index (χ0v) is 15.0. The van der Waals surface area contributed by atoms with Gasteiger partial charge in [-0.25, -0.2) is 4.68 Å². The van der Waals surface area contributed by atoms with Gasteiger partial charge in [-0.15, -0.1) is 0 Å². The summed E-state index contributed by atoms with van der Waals surface area (Å²) in [4.78, 5) is 4.41. The first-order chi connectivity index (χ1) is 12.1. The minimum Gasteiger partial charge on any atom is -0.348 e. The Morgan fingerprint density at radius 3 is 2.36 bits per heavy atom. The van der Waals surface area contributed by atoms with Gasteiger partial charge in [0.25, 0.3) is 0 Å². The van der Waals surface area contributed by atoms with Gasteiger partial charge in [0, 0.05) is 0 Å². The molecule has 4 rings (SSSR count). The van der Waals surface area contributed by atoms with Gasteiger partial charge in [0.15, 0.2) is 0 Å². The van der Waals surface area contributed by atoms with Crippen LogP contribution in [-0.4, -0.2) is 14.8 Å². The van der Waals surface area contributed by atoms with Crippen LogP contribution < -0.4 is 5.32 Å². The molecule has 1 N–H and O–H groups in total. The molecule has 0 spiro atoms. The maximum Gasteiger partial charge on any atom is 0.222 e. The summed E-state index contributed by atoms with van der Waals surface area (Å²) in [6.45, 7) is 6.57. The number of aromatic nitrogens is 3. The number of nitrogens with one attached hydrogen (secondary N) is 1. The van der Waals surface area contributed by atoms with Crippen LogP contribution in [0, 0.1) is 6.92 Å². The van der Waals surface area contributed by atoms with Crippen LogP contribution in [0.5, 0.6) is 0 Å². The summed E-state index contributed by atoms with van der Waals surface area (Å²) in [5.74, 6) is 1.39. The van der Waals surface area contributed by atoms with Crippen LogP contribution in [0.1, 0.15) is 60.5 Å². The van der Waals surface area contributed by atoms with Gasteiger partial charge in [-0.05, 0) is 36.0 Å². The first kappa shape index (κ1) is 15.9. The number of anilines is 1. The Kier molecular flexibility index (Phi) is 4.04. The van der Waals surface area contributed by atoms with Crippen molar-refractivity contribution in [3.8, 4) is 0 Å². The third-order valence-corrected chi connectivity index (χ3v) is 5.10. The molecule has 0 saturated heterocycles. The molecule has 2 aromatic carbocycles. The second-order valence-corrected chi connectivity index (χ2v) is 7.21. The van der Waals surface area contributed by atoms with E-state index in [9.17, 15) is 0 Å². The van der Waals surface area contributed by atoms with E-state index in [-0.39, 0.29) is 12.1 Å². The fourth-order valence-corrected chi connectivity index (χ4v) is 3.52. The Labute approximate surface area is 148 Å². The molecule has 1 aliphatic rings. The number of hydrogen-bond acceptors (Lipinski definition) is 3. The summed E-state index contributed by atoms with van der Waals surface area (Å²) in [5, 5.41) is 7.99. The molecule has 0 unspecified atom stereocenters. The topological polar surface area (TPSA) is 42.7 Å². The summed E-state index contributed by atoms with van der Waals surface area (Å²) in [6, 6.07) is 18.1. The van der Waals surface area contributed by atoms with Gasteiger partial charge in [-0.1, -0.05) is 67.9 Å². The molecule has 0 fully saturated rings. The molecule has 1 aliphatic heterocycles. The Balaban J connectivity index is 1.67. The monoisotopic (exact) mass is 332 g/mol. The van der Waals surface area contributed by atoms with Crippen molar-refractivity contribution in [2.45, 2.75) is 45.2 Å². The molecule has 0 saturated carbocycles. The summed E-state index contributed by atoms with van der Waals surface area (Å²) in [5.41, 5.74) is 5.23. The van der Waals surface area contributed by atoms with Crippen molar-refractivity contribution in [2.24, 2.45) is 0 Å². The van der Waals surface area contributed by atoms with Gasteiger partial charge in [0.2, 0.25) is 5.95 Å². The largest absolute Gasteiger partial charge is 0.348 e. The first-order valence-electron chi connectivity index (χ1n) is 8.94. The lowest BCUT2D eigenvalue weighted by atomic mass is 9.91. The highest BCUT2D eigenvalue weighted by Gasteiger charge is 2.29. The molecule has 25 heavy (non-hydrogen) atoms. The Bertz CT molecular complexity index is 846. The third-order valence-electron chi connectivity index (χ3n) is 5.10. The van der Waals surface area contributed by atoms with Crippen molar-refractivity contribution in [1.82, 2.24) is 14.8 Å². The molecule has 128 valence electrons. The molecule has 0 amide bonds. The number of benzene rings is 2. The maximum atomic E-state index is 4.45. The summed E-state index contributed by atoms with van der Waals surface area (Å²) in [6.07, 6.45) is 2.59. The highest BCUT2D eigenvalue weighted by atomic mass is 15.4. The van der Waals surface area contributed by atoms with Gasteiger partial charge in [-0.2, -0.15) is 10.1 Å². The van der Waals surface area contributed by atoms with Crippen molar-refractivity contribution in [3.63, 3.8) is 0 Å². The minimum atomic E-state index is 0.203. The Hall–Kier alpha value is -2.62. The minimum absolute atomic E-state index is 0.203. The van der Waals surface area contributed by atoms with Crippen LogP contribution in [0.4, 0.5) is 5.95 Å². The highest BCUT2D eigenvalue weighted by Crippen LogP contribution is 2.37. The Morgan fingerprint density at radius 1 is 1.00 bits per heavy atom. The highest BCUT2D eigenvalue weighted by molar-refractivity contribution is 5.39. The molecule has 3 aromatic rings. The van der Waals surface area contributed by atoms with E-state index in [2.05, 4.69) is 84.7 Å². The molecule has 0 bridgehead atoms. The second-order valence-electron chi connectivity index (χ2n) is 7.21. The third kappa shape index (κ3) is 3.04. The predicted molar refractivity (Wildman–Crippen MR) is 101 cm³/mol. The normalized spacial score (nSPS) is 19.5. The van der Waals surface area contributed by atoms with Crippen LogP contribution in [0.15, 0.2) is 54.9 Å². The zero-order chi connectivity index (χ0) is 17.4. The number of nitrogens with zero attached hydrogens (tertiary/aromatic N) is 3. The van der Waals surface area contributed by atoms with Gasteiger partial charge in [0.1, 0.15) is 6.33 Å². The van der Waals surface area contributed by atoms with E-state index in [4.69, 9.17) is 0 Å². The lowest BCUT2D eigenvalue weighted by Gasteiger charge is -2.32. The number of fused-ring (bicyclic) bond motifs is 1. The molecule has 0 aliphatic carbocycles. The fourth-order valence-electron chi connectivity index (χ4n) is 3.52. The van der Waals surface area contributed by atoms with Crippen LogP contribution in [0.3, 0.4) is 0 Å². The molecule has 1 aromatic heterocycles. The van der Waals surface area contributed by atoms with Crippen LogP contribution >= 0.6 is 0 Å². The smallest absolute Gasteiger partial charge is 0.222 e. The quantitative estimate of drug-likeness (QED) is 0.745. The van der Waals surface area contributed by atoms with Crippen molar-refractivity contribution in [1.29, 1.82) is 0 Å². The molecule has 2 heterocycles. The van der Waals surface area contributed by atoms with Gasteiger partial charge in [-0.3, -0.25) is 0 Å². The first-order valence-corrected chi connectivity index (χ1v) is 8.94. The lowest BCUT2D eigenvalue weighted by molar-refractivity contribution is 0.431. The van der Waals surface area contributed by atoms with E-state index in [1.54, 1.807) is 6.33 Å². The van der Waals surface area contributed by atoms with Crippen LogP contribution in [-0.2, 0) is 0 Å². The average molecular weight is 332 g/mol. The standard InChI is InChI=1S/C21H24N4/c1-14(2)16-8-10-17(11-9-16)19-12-20(18-6-4-15(3)5-7-18)25-21(24-19)22-13-23-25/h4-11,13-14,19-20H,12H2,1-3H3,(H,22,23,24)/t19-,20+/m0/s1. The average Bonchev–Trinajstić information content (AvgIpc) is 3.10. The lowest BCUT2D eigenvalue weighted by Crippen LogP contribution is -2.28. The number of rotatable bonds is 3. The predicted octanol–water partition coefficient (Wildman–Crippen LogP) is 4.86. The number of aryl methyl sites for hydroxylation is 1. The van der Waals surface area contributed by atoms with Gasteiger partial charge >= 0.3 is 0 Å². The van der Waals surface area contributed by atoms with Crippen LogP contribution in [0.2, 0.25) is 0 Å². The van der Waals surface area contributed by atoms with E-state index >= 15 is 0 Å². The number of hydrogen-bond donors (Lipinski definition) is 1. The molecule has 4 heteroatoms. The van der Waals surface area contributed by atoms with Crippen molar-refractivity contribution in [2.75, 3.05) is 5.32 Å². The summed E-state index contributed by atoms with van der Waals surface area (Å²) >= 11 is 0. The molecular formula is C21H24N4. The molecule has 2 atom stereocenters. The SMILES string of the molecule is Cc1ccc([C@H]2C[C@@H](c3ccc(C(C)C)cc3)Nc3ncnn32)cc1. The zero-order valence-electron chi connectivity index (χ0n) is 15.0. The van der Waals surface area contributed by atoms with E-state index in [0.717, 1.165) is 12.4 Å². The van der Waals surface area contributed by atoms with Gasteiger partial charge < -0.3 is 5.32 Å². The maximum absolute atomic E-state index is 4.45. The van der Waals surface area contributed by atoms with Crippen LogP contribution in [0.25, 0.3) is 0 Å². The molecular weight excluding hydrogens is 308 g/mol. The van der Waals surface area contributed by atoms with Crippen molar-refractivity contribution >= 4 is 5.95 Å². The van der Waals surface area contributed by atoms with Gasteiger partial charge in [0.05, 0.1) is 12.1 Å². The van der Waals surface area contributed by atoms with Crippen molar-refractivity contribution < 1.29 is 0 Å². The Morgan fingerprint density at radius 2 is 1.68 bits per heavy atom. The summed E-state index contributed by atoms with van der Waals surface area (Å²) < 4.78 is 2.00. The fraction of sp³-hybridized carbons (Fsp3) is 0.333. The molecule has 0 radical (unpaired) electrons. The van der Waals surface area contributed by atoms with E-state index in [1.165, 1.54) is 22.3 Å². The van der Waals surface area contributed by atoms with Crippen molar-refractivity contribution in [3.05, 3.63) is 77.1 Å². The molecule has 4 nitrogen and oxygen atoms in total. The van der Waals surface area contributed by atoms with E-state index < -0.39 is 0 Å². The van der Waals surface area contributed by atoms with E-state index in [0.29, 0.717) is 5.92 Å². The summed E-state index contributed by atoms with van der Waals surface area (Å²) in [7, 11) is 0. The van der Waals surface area contributed by atoms with E-state index in [1.807, 2.05) is 4.68 Å². The second kappa shape index (κ2) is 6.36.